The van der Waals surface area contributed by atoms with Crippen LogP contribution in [0.5, 0.6) is 5.75 Å². The Morgan fingerprint density at radius 2 is 2.36 bits per heavy atom. The van der Waals surface area contributed by atoms with Gasteiger partial charge in [0, 0.05) is 16.9 Å². The van der Waals surface area contributed by atoms with E-state index in [2.05, 4.69) is 24.0 Å². The molecule has 0 radical (unpaired) electrons. The maximum atomic E-state index is 9.80. The van der Waals surface area contributed by atoms with E-state index in [9.17, 15) is 5.11 Å². The summed E-state index contributed by atoms with van der Waals surface area (Å²) in [6.07, 6.45) is 0.987. The molecule has 0 spiro atoms. The van der Waals surface area contributed by atoms with Crippen LogP contribution in [0.4, 0.5) is 0 Å². The minimum absolute atomic E-state index is 0.170. The molecule has 1 aromatic rings. The molecule has 1 heterocycles. The van der Waals surface area contributed by atoms with Crippen LogP contribution in [0.3, 0.4) is 0 Å². The van der Waals surface area contributed by atoms with Crippen molar-refractivity contribution in [3.63, 3.8) is 0 Å². The largest absolute Gasteiger partial charge is 0.508 e. The number of nitrogens with one attached hydrogen (secondary N) is 1. The summed E-state index contributed by atoms with van der Waals surface area (Å²) in [6.45, 7) is 3.01. The lowest BCUT2D eigenvalue weighted by Gasteiger charge is -2.29. The van der Waals surface area contributed by atoms with Crippen molar-refractivity contribution >= 4 is 12.6 Å². The van der Waals surface area contributed by atoms with E-state index in [1.807, 2.05) is 13.0 Å². The molecule has 0 aliphatic carbocycles. The molecule has 1 aliphatic heterocycles. The fourth-order valence-corrected chi connectivity index (χ4v) is 2.31. The van der Waals surface area contributed by atoms with Gasteiger partial charge in [0.25, 0.3) is 0 Å². The van der Waals surface area contributed by atoms with E-state index in [-0.39, 0.29) is 11.3 Å². The summed E-state index contributed by atoms with van der Waals surface area (Å²) in [6, 6.07) is 5.90. The molecule has 2 atom stereocenters. The molecule has 0 saturated heterocycles. The molecule has 2 rings (SSSR count). The number of phenolic OH excluding ortho intramolecular Hbond substituents is 1. The Hall–Kier alpha value is -0.670. The number of hydrogen-bond acceptors (Lipinski definition) is 3. The van der Waals surface area contributed by atoms with Crippen molar-refractivity contribution in [3.05, 3.63) is 29.3 Å². The smallest absolute Gasteiger partial charge is 0.120 e. The Bertz CT molecular complexity index is 338. The molecule has 1 aliphatic rings. The number of aromatic hydroxyl groups is 1. The highest BCUT2D eigenvalue weighted by atomic mass is 32.1. The van der Waals surface area contributed by atoms with Crippen LogP contribution in [0.2, 0.25) is 0 Å². The quantitative estimate of drug-likeness (QED) is 0.617. The van der Waals surface area contributed by atoms with Gasteiger partial charge in [-0.1, -0.05) is 19.1 Å². The summed E-state index contributed by atoms with van der Waals surface area (Å²) in [4.78, 5) is 0. The molecular formula is C11H15NOS. The number of thiol groups is 1. The van der Waals surface area contributed by atoms with Crippen LogP contribution < -0.4 is 5.32 Å². The van der Waals surface area contributed by atoms with Crippen molar-refractivity contribution in [2.24, 2.45) is 0 Å². The van der Waals surface area contributed by atoms with Crippen LogP contribution in [0.1, 0.15) is 24.1 Å². The van der Waals surface area contributed by atoms with E-state index < -0.39 is 0 Å². The zero-order valence-corrected chi connectivity index (χ0v) is 9.09. The second-order valence-corrected chi connectivity index (χ2v) is 4.59. The Balaban J connectivity index is 2.47. The first kappa shape index (κ1) is 9.87. The van der Waals surface area contributed by atoms with Gasteiger partial charge in [-0.15, -0.1) is 0 Å². The maximum absolute atomic E-state index is 9.80. The monoisotopic (exact) mass is 209 g/mol. The summed E-state index contributed by atoms with van der Waals surface area (Å²) in [5, 5.41) is 13.4. The van der Waals surface area contributed by atoms with Gasteiger partial charge in [-0.3, -0.25) is 0 Å². The second-order valence-electron chi connectivity index (χ2n) is 3.77. The Morgan fingerprint density at radius 3 is 3.07 bits per heavy atom. The average molecular weight is 209 g/mol. The standard InChI is InChI=1S/C11H15NOS/c1-7(14)11-10-8(5-6-12-11)3-2-4-9(10)13/h2-4,7,11-14H,5-6H2,1H3. The molecular weight excluding hydrogens is 194 g/mol. The lowest BCUT2D eigenvalue weighted by molar-refractivity contribution is 0.431. The van der Waals surface area contributed by atoms with Crippen molar-refractivity contribution in [2.45, 2.75) is 24.6 Å². The van der Waals surface area contributed by atoms with Gasteiger partial charge >= 0.3 is 0 Å². The predicted octanol–water partition coefficient (Wildman–Crippen LogP) is 1.90. The molecule has 2 N–H and O–H groups in total. The average Bonchev–Trinajstić information content (AvgIpc) is 2.17. The molecule has 0 fully saturated rings. The van der Waals surface area contributed by atoms with Crippen molar-refractivity contribution in [1.29, 1.82) is 0 Å². The van der Waals surface area contributed by atoms with Crippen LogP contribution in [-0.2, 0) is 6.42 Å². The fourth-order valence-electron chi connectivity index (χ4n) is 2.05. The van der Waals surface area contributed by atoms with Crippen molar-refractivity contribution < 1.29 is 5.11 Å². The highest BCUT2D eigenvalue weighted by molar-refractivity contribution is 7.81. The minimum atomic E-state index is 0.170. The molecule has 0 bridgehead atoms. The molecule has 14 heavy (non-hydrogen) atoms. The van der Waals surface area contributed by atoms with Gasteiger partial charge in [0.15, 0.2) is 0 Å². The highest BCUT2D eigenvalue weighted by Crippen LogP contribution is 2.34. The lowest BCUT2D eigenvalue weighted by Crippen LogP contribution is -2.34. The van der Waals surface area contributed by atoms with Crippen LogP contribution in [0.25, 0.3) is 0 Å². The second kappa shape index (κ2) is 3.83. The van der Waals surface area contributed by atoms with Crippen LogP contribution >= 0.6 is 12.6 Å². The van der Waals surface area contributed by atoms with E-state index in [0.717, 1.165) is 18.5 Å². The van der Waals surface area contributed by atoms with Crippen LogP contribution in [-0.4, -0.2) is 16.9 Å². The number of rotatable bonds is 1. The van der Waals surface area contributed by atoms with E-state index in [1.165, 1.54) is 5.56 Å². The Kier molecular flexibility index (Phi) is 2.70. The molecule has 0 aromatic heterocycles. The molecule has 0 saturated carbocycles. The molecule has 3 heteroatoms. The summed E-state index contributed by atoms with van der Waals surface area (Å²) >= 11 is 4.44. The third kappa shape index (κ3) is 1.62. The number of fused-ring (bicyclic) bond motifs is 1. The van der Waals surface area contributed by atoms with E-state index >= 15 is 0 Å². The number of hydrogen-bond donors (Lipinski definition) is 3. The third-order valence-corrected chi connectivity index (χ3v) is 3.02. The number of phenols is 1. The molecule has 0 amide bonds. The normalized spacial score (nSPS) is 22.9. The number of benzene rings is 1. The summed E-state index contributed by atoms with van der Waals surface area (Å²) in [7, 11) is 0. The molecule has 1 aromatic carbocycles. The van der Waals surface area contributed by atoms with Gasteiger partial charge in [-0.05, 0) is 24.6 Å². The minimum Gasteiger partial charge on any atom is -0.508 e. The first-order valence-corrected chi connectivity index (χ1v) is 5.44. The van der Waals surface area contributed by atoms with Gasteiger partial charge < -0.3 is 10.4 Å². The molecule has 2 unspecified atom stereocenters. The Morgan fingerprint density at radius 1 is 1.57 bits per heavy atom. The van der Waals surface area contributed by atoms with Crippen molar-refractivity contribution in [2.75, 3.05) is 6.54 Å². The van der Waals surface area contributed by atoms with E-state index in [0.29, 0.717) is 5.75 Å². The Labute approximate surface area is 89.7 Å². The van der Waals surface area contributed by atoms with Crippen molar-refractivity contribution in [1.82, 2.24) is 5.32 Å². The maximum Gasteiger partial charge on any atom is 0.120 e. The van der Waals surface area contributed by atoms with Crippen LogP contribution in [0.15, 0.2) is 18.2 Å². The molecule has 76 valence electrons. The first-order valence-electron chi connectivity index (χ1n) is 4.92. The summed E-state index contributed by atoms with van der Waals surface area (Å²) in [5.74, 6) is 0.389. The summed E-state index contributed by atoms with van der Waals surface area (Å²) in [5.41, 5.74) is 2.27. The fraction of sp³-hybridized carbons (Fsp3) is 0.455. The SMILES string of the molecule is CC(S)C1NCCc2cccc(O)c21. The van der Waals surface area contributed by atoms with Gasteiger partial charge in [-0.2, -0.15) is 12.6 Å². The van der Waals surface area contributed by atoms with Crippen molar-refractivity contribution in [3.8, 4) is 5.75 Å². The van der Waals surface area contributed by atoms with Gasteiger partial charge in [-0.25, -0.2) is 0 Å². The first-order chi connectivity index (χ1) is 6.70. The third-order valence-electron chi connectivity index (χ3n) is 2.73. The van der Waals surface area contributed by atoms with E-state index in [1.54, 1.807) is 6.07 Å². The van der Waals surface area contributed by atoms with Gasteiger partial charge in [0.1, 0.15) is 5.75 Å². The summed E-state index contributed by atoms with van der Waals surface area (Å²) < 4.78 is 0. The predicted molar refractivity (Wildman–Crippen MR) is 61.0 cm³/mol. The zero-order valence-electron chi connectivity index (χ0n) is 8.20. The van der Waals surface area contributed by atoms with Gasteiger partial charge in [0.05, 0.1) is 0 Å². The van der Waals surface area contributed by atoms with E-state index in [4.69, 9.17) is 0 Å². The van der Waals surface area contributed by atoms with Crippen LogP contribution in [0, 0.1) is 0 Å². The highest BCUT2D eigenvalue weighted by Gasteiger charge is 2.25. The topological polar surface area (TPSA) is 32.3 Å². The lowest BCUT2D eigenvalue weighted by atomic mass is 9.92. The van der Waals surface area contributed by atoms with Gasteiger partial charge in [0.2, 0.25) is 0 Å². The zero-order chi connectivity index (χ0) is 10.1. The molecule has 2 nitrogen and oxygen atoms in total.